The summed E-state index contributed by atoms with van der Waals surface area (Å²) in [6.45, 7) is 14.6. The van der Waals surface area contributed by atoms with Crippen LogP contribution < -0.4 is 31.6 Å². The van der Waals surface area contributed by atoms with Crippen LogP contribution in [0.3, 0.4) is 0 Å². The van der Waals surface area contributed by atoms with Gasteiger partial charge in [0.25, 0.3) is 0 Å². The van der Waals surface area contributed by atoms with Crippen LogP contribution >= 0.6 is 7.26 Å². The van der Waals surface area contributed by atoms with Gasteiger partial charge in [0, 0.05) is 0 Å². The third-order valence-electron chi connectivity index (χ3n) is 6.78. The molecule has 0 radical (unpaired) electrons. The summed E-state index contributed by atoms with van der Waals surface area (Å²) in [5.41, 5.74) is 0. The van der Waals surface area contributed by atoms with Gasteiger partial charge in [0.1, 0.15) is 0 Å². The first-order valence-corrected chi connectivity index (χ1v) is 21.0. The van der Waals surface area contributed by atoms with Crippen molar-refractivity contribution < 1.29 is 0 Å². The van der Waals surface area contributed by atoms with Crippen molar-refractivity contribution in [2.45, 2.75) is 39.3 Å². The van der Waals surface area contributed by atoms with E-state index in [1.54, 1.807) is 0 Å². The van der Waals surface area contributed by atoms with Crippen LogP contribution in [-0.4, -0.2) is 16.1 Å². The minimum atomic E-state index is -2.43. The van der Waals surface area contributed by atoms with E-state index in [0.717, 1.165) is 0 Å². The molecule has 0 unspecified atom stereocenters. The first-order valence-electron chi connectivity index (χ1n) is 12.0. The van der Waals surface area contributed by atoms with Crippen LogP contribution in [-0.2, 0) is 0 Å². The Morgan fingerprint density at radius 1 is 0.364 bits per heavy atom. The van der Waals surface area contributed by atoms with Gasteiger partial charge in [-0.3, -0.25) is 0 Å². The molecule has 0 bridgehead atoms. The fraction of sp³-hybridized carbons (Fsp3) is 0.200. The SMILES string of the molecule is C[Si](C)(C)c1ccc([PH](c2ccccc2)(c2ccccc2)c2ccc([Si](C)(C)C)cc2)cc1. The van der Waals surface area contributed by atoms with E-state index in [-0.39, 0.29) is 0 Å². The Bertz CT molecular complexity index is 1090. The maximum atomic E-state index is 2.44. The first-order chi connectivity index (χ1) is 15.6. The van der Waals surface area contributed by atoms with E-state index in [4.69, 9.17) is 0 Å². The molecular formula is C30H37PSi2. The minimum absolute atomic E-state index is 1.36. The van der Waals surface area contributed by atoms with Crippen molar-refractivity contribution in [2.24, 2.45) is 0 Å². The van der Waals surface area contributed by atoms with Crippen molar-refractivity contribution in [3.8, 4) is 0 Å². The Labute approximate surface area is 203 Å². The van der Waals surface area contributed by atoms with Crippen molar-refractivity contribution >= 4 is 55.0 Å². The van der Waals surface area contributed by atoms with Gasteiger partial charge < -0.3 is 0 Å². The fourth-order valence-electron chi connectivity index (χ4n) is 4.82. The van der Waals surface area contributed by atoms with Gasteiger partial charge >= 0.3 is 203 Å². The molecule has 0 atom stereocenters. The Balaban J connectivity index is 2.04. The van der Waals surface area contributed by atoms with E-state index in [9.17, 15) is 0 Å². The second kappa shape index (κ2) is 9.18. The topological polar surface area (TPSA) is 0 Å². The zero-order valence-electron chi connectivity index (χ0n) is 20.9. The van der Waals surface area contributed by atoms with Gasteiger partial charge in [0.2, 0.25) is 0 Å². The number of hydrogen-bond acceptors (Lipinski definition) is 0. The summed E-state index contributed by atoms with van der Waals surface area (Å²) in [4.78, 5) is 0. The molecule has 0 N–H and O–H groups in total. The fourth-order valence-corrected chi connectivity index (χ4v) is 11.9. The van der Waals surface area contributed by atoms with E-state index < -0.39 is 23.4 Å². The molecule has 0 saturated carbocycles. The molecule has 0 aliphatic heterocycles. The Morgan fingerprint density at radius 3 is 0.909 bits per heavy atom. The van der Waals surface area contributed by atoms with Crippen molar-refractivity contribution in [1.29, 1.82) is 0 Å². The second-order valence-corrected chi connectivity index (χ2v) is 25.1. The van der Waals surface area contributed by atoms with Crippen LogP contribution in [0.5, 0.6) is 0 Å². The van der Waals surface area contributed by atoms with E-state index in [2.05, 4.69) is 148 Å². The summed E-state index contributed by atoms with van der Waals surface area (Å²) >= 11 is 0. The van der Waals surface area contributed by atoms with Gasteiger partial charge in [-0.25, -0.2) is 0 Å². The summed E-state index contributed by atoms with van der Waals surface area (Å²) in [6.07, 6.45) is 0. The molecule has 170 valence electrons. The number of rotatable bonds is 6. The molecule has 0 nitrogen and oxygen atoms in total. The van der Waals surface area contributed by atoms with Crippen molar-refractivity contribution in [3.63, 3.8) is 0 Å². The second-order valence-electron chi connectivity index (χ2n) is 11.1. The first kappa shape index (κ1) is 23.9. The molecular weight excluding hydrogens is 447 g/mol. The molecule has 33 heavy (non-hydrogen) atoms. The van der Waals surface area contributed by atoms with Gasteiger partial charge in [-0.15, -0.1) is 0 Å². The molecule has 0 aliphatic rings. The third-order valence-corrected chi connectivity index (χ3v) is 15.7. The molecule has 4 aromatic carbocycles. The maximum absolute atomic E-state index is 2.44. The molecule has 3 heteroatoms. The average molecular weight is 485 g/mol. The summed E-state index contributed by atoms with van der Waals surface area (Å²) in [5.74, 6) is 0. The molecule has 0 amide bonds. The van der Waals surface area contributed by atoms with E-state index in [1.807, 2.05) is 0 Å². The zero-order chi connectivity index (χ0) is 23.7. The average Bonchev–Trinajstić information content (AvgIpc) is 2.81. The van der Waals surface area contributed by atoms with Crippen molar-refractivity contribution in [3.05, 3.63) is 109 Å². The van der Waals surface area contributed by atoms with Crippen LogP contribution in [0.4, 0.5) is 0 Å². The van der Waals surface area contributed by atoms with Crippen LogP contribution in [0.2, 0.25) is 39.3 Å². The Hall–Kier alpha value is -2.26. The quantitative estimate of drug-likeness (QED) is 0.263. The number of hydrogen-bond donors (Lipinski definition) is 0. The third kappa shape index (κ3) is 4.71. The summed E-state index contributed by atoms with van der Waals surface area (Å²) in [6, 6.07) is 41.8. The van der Waals surface area contributed by atoms with Crippen molar-refractivity contribution in [1.82, 2.24) is 0 Å². The molecule has 0 aliphatic carbocycles. The summed E-state index contributed by atoms with van der Waals surface area (Å²) in [5, 5.41) is 8.84. The zero-order valence-corrected chi connectivity index (χ0v) is 23.9. The molecule has 4 aromatic rings. The predicted octanol–water partition coefficient (Wildman–Crippen LogP) is 5.13. The van der Waals surface area contributed by atoms with Crippen LogP contribution in [0.25, 0.3) is 0 Å². The molecule has 4 rings (SSSR count). The molecule has 0 heterocycles. The Kier molecular flexibility index (Phi) is 6.64. The van der Waals surface area contributed by atoms with Crippen molar-refractivity contribution in [2.75, 3.05) is 0 Å². The van der Waals surface area contributed by atoms with Gasteiger partial charge in [-0.2, -0.15) is 0 Å². The van der Waals surface area contributed by atoms with Crippen LogP contribution in [0, 0.1) is 0 Å². The Morgan fingerprint density at radius 2 is 0.636 bits per heavy atom. The molecule has 0 aromatic heterocycles. The molecule has 0 saturated heterocycles. The molecule has 0 spiro atoms. The normalized spacial score (nSPS) is 13.0. The monoisotopic (exact) mass is 484 g/mol. The number of benzene rings is 4. The van der Waals surface area contributed by atoms with Gasteiger partial charge in [0.15, 0.2) is 0 Å². The van der Waals surface area contributed by atoms with E-state index in [0.29, 0.717) is 0 Å². The summed E-state index contributed by atoms with van der Waals surface area (Å²) < 4.78 is 0. The van der Waals surface area contributed by atoms with E-state index in [1.165, 1.54) is 31.6 Å². The predicted molar refractivity (Wildman–Crippen MR) is 159 cm³/mol. The standard InChI is InChI=1S/C30H37PSi2/c1-32(2,3)29-21-17-27(18-22-29)31(25-13-9-7-10-14-25,26-15-11-8-12-16-26)28-19-23-30(24-20-28)33(4,5)6/h7-24,31H,1-6H3. The van der Waals surface area contributed by atoms with Gasteiger partial charge in [0.05, 0.1) is 0 Å². The van der Waals surface area contributed by atoms with Gasteiger partial charge in [-0.05, 0) is 0 Å². The summed E-state index contributed by atoms with van der Waals surface area (Å²) in [7, 11) is -5.16. The van der Waals surface area contributed by atoms with E-state index >= 15 is 0 Å². The molecule has 0 fully saturated rings. The van der Waals surface area contributed by atoms with Gasteiger partial charge in [-0.1, -0.05) is 0 Å². The van der Waals surface area contributed by atoms with Crippen LogP contribution in [0.1, 0.15) is 0 Å². The van der Waals surface area contributed by atoms with Crippen LogP contribution in [0.15, 0.2) is 109 Å².